The summed E-state index contributed by atoms with van der Waals surface area (Å²) in [6.07, 6.45) is 0.353. The standard InChI is InChI=1S/C20H27NO3/c1-14-6-5-7-16(10-14)20(2,13-19(21)22)12-15-8-9-17(23-3)18(11-15)24-4/h5-11,19,22H,12-13,21H2,1-4H3/t19-,20?/m1/s1. The molecule has 0 spiro atoms. The van der Waals surface area contributed by atoms with Crippen molar-refractivity contribution >= 4 is 0 Å². The van der Waals surface area contributed by atoms with Gasteiger partial charge in [0.1, 0.15) is 6.23 Å². The minimum atomic E-state index is -0.865. The van der Waals surface area contributed by atoms with Gasteiger partial charge in [0.25, 0.3) is 0 Å². The van der Waals surface area contributed by atoms with Crippen LogP contribution in [0.4, 0.5) is 0 Å². The fraction of sp³-hybridized carbons (Fsp3) is 0.400. The Labute approximate surface area is 144 Å². The monoisotopic (exact) mass is 329 g/mol. The summed E-state index contributed by atoms with van der Waals surface area (Å²) in [7, 11) is 3.25. The molecule has 0 amide bonds. The van der Waals surface area contributed by atoms with Gasteiger partial charge < -0.3 is 20.3 Å². The number of aryl methyl sites for hydroxylation is 1. The first kappa shape index (κ1) is 18.3. The van der Waals surface area contributed by atoms with Crippen molar-refractivity contribution in [2.45, 2.75) is 38.3 Å². The van der Waals surface area contributed by atoms with E-state index in [4.69, 9.17) is 15.2 Å². The van der Waals surface area contributed by atoms with E-state index in [1.165, 1.54) is 11.1 Å². The lowest BCUT2D eigenvalue weighted by Crippen LogP contribution is -2.34. The van der Waals surface area contributed by atoms with Gasteiger partial charge in [-0.25, -0.2) is 0 Å². The van der Waals surface area contributed by atoms with Crippen LogP contribution >= 0.6 is 0 Å². The van der Waals surface area contributed by atoms with Crippen LogP contribution in [0, 0.1) is 6.92 Å². The Morgan fingerprint density at radius 2 is 1.79 bits per heavy atom. The van der Waals surface area contributed by atoms with E-state index >= 15 is 0 Å². The molecule has 0 aliphatic heterocycles. The molecular weight excluding hydrogens is 302 g/mol. The first-order valence-corrected chi connectivity index (χ1v) is 8.09. The molecule has 1 unspecified atom stereocenters. The topological polar surface area (TPSA) is 64.7 Å². The van der Waals surface area contributed by atoms with Crippen molar-refractivity contribution in [3.63, 3.8) is 0 Å². The molecule has 2 atom stereocenters. The third kappa shape index (κ3) is 4.28. The van der Waals surface area contributed by atoms with Gasteiger partial charge in [-0.3, -0.25) is 0 Å². The molecule has 0 aliphatic carbocycles. The van der Waals surface area contributed by atoms with E-state index < -0.39 is 6.23 Å². The fourth-order valence-electron chi connectivity index (χ4n) is 3.22. The van der Waals surface area contributed by atoms with Gasteiger partial charge in [0.05, 0.1) is 14.2 Å². The largest absolute Gasteiger partial charge is 0.493 e. The fourth-order valence-corrected chi connectivity index (χ4v) is 3.22. The van der Waals surface area contributed by atoms with Crippen molar-refractivity contribution in [1.29, 1.82) is 0 Å². The van der Waals surface area contributed by atoms with E-state index in [9.17, 15) is 5.11 Å². The summed E-state index contributed by atoms with van der Waals surface area (Å²) in [6.45, 7) is 4.20. The van der Waals surface area contributed by atoms with Crippen molar-refractivity contribution < 1.29 is 14.6 Å². The van der Waals surface area contributed by atoms with Gasteiger partial charge >= 0.3 is 0 Å². The predicted molar refractivity (Wildman–Crippen MR) is 96.6 cm³/mol. The molecule has 0 saturated heterocycles. The number of hydrogen-bond donors (Lipinski definition) is 2. The smallest absolute Gasteiger partial charge is 0.160 e. The molecule has 4 heteroatoms. The molecule has 0 radical (unpaired) electrons. The van der Waals surface area contributed by atoms with Crippen LogP contribution in [0.1, 0.15) is 30.0 Å². The highest BCUT2D eigenvalue weighted by Crippen LogP contribution is 2.35. The maximum absolute atomic E-state index is 9.81. The Morgan fingerprint density at radius 1 is 1.08 bits per heavy atom. The lowest BCUT2D eigenvalue weighted by atomic mass is 9.74. The zero-order valence-corrected chi connectivity index (χ0v) is 14.9. The predicted octanol–water partition coefficient (Wildman–Crippen LogP) is 3.18. The summed E-state index contributed by atoms with van der Waals surface area (Å²) in [5.41, 5.74) is 8.91. The molecule has 3 N–H and O–H groups in total. The number of methoxy groups -OCH3 is 2. The zero-order chi connectivity index (χ0) is 17.7. The summed E-state index contributed by atoms with van der Waals surface area (Å²) < 4.78 is 10.7. The van der Waals surface area contributed by atoms with Crippen LogP contribution in [-0.4, -0.2) is 25.6 Å². The molecule has 0 bridgehead atoms. The summed E-state index contributed by atoms with van der Waals surface area (Å²) in [5, 5.41) is 9.81. The lowest BCUT2D eigenvalue weighted by molar-refractivity contribution is 0.140. The van der Waals surface area contributed by atoms with Crippen LogP contribution in [0.5, 0.6) is 11.5 Å². The average Bonchev–Trinajstić information content (AvgIpc) is 2.54. The molecule has 2 rings (SSSR count). The molecule has 0 heterocycles. The molecule has 0 saturated carbocycles. The second kappa shape index (κ2) is 7.69. The third-order valence-electron chi connectivity index (χ3n) is 4.42. The first-order valence-electron chi connectivity index (χ1n) is 8.09. The highest BCUT2D eigenvalue weighted by atomic mass is 16.5. The highest BCUT2D eigenvalue weighted by molar-refractivity contribution is 5.44. The minimum Gasteiger partial charge on any atom is -0.493 e. The SMILES string of the molecule is COc1ccc(CC(C)(C[C@H](N)O)c2cccc(C)c2)cc1OC. The van der Waals surface area contributed by atoms with Crippen molar-refractivity contribution in [2.75, 3.05) is 14.2 Å². The average molecular weight is 329 g/mol. The quantitative estimate of drug-likeness (QED) is 0.766. The number of aliphatic hydroxyl groups excluding tert-OH is 1. The van der Waals surface area contributed by atoms with Crippen molar-refractivity contribution in [3.05, 3.63) is 59.2 Å². The van der Waals surface area contributed by atoms with Gasteiger partial charge in [-0.15, -0.1) is 0 Å². The van der Waals surface area contributed by atoms with Crippen molar-refractivity contribution in [2.24, 2.45) is 5.73 Å². The summed E-state index contributed by atoms with van der Waals surface area (Å²) in [4.78, 5) is 0. The molecule has 24 heavy (non-hydrogen) atoms. The van der Waals surface area contributed by atoms with Crippen LogP contribution in [0.3, 0.4) is 0 Å². The number of ether oxygens (including phenoxy) is 2. The minimum absolute atomic E-state index is 0.278. The number of rotatable bonds is 7. The maximum Gasteiger partial charge on any atom is 0.160 e. The molecule has 2 aromatic carbocycles. The van der Waals surface area contributed by atoms with Gasteiger partial charge in [0.2, 0.25) is 0 Å². The normalized spacial score (nSPS) is 14.8. The Hall–Kier alpha value is -2.04. The maximum atomic E-state index is 9.81. The molecule has 0 fully saturated rings. The number of aliphatic hydroxyl groups is 1. The Morgan fingerprint density at radius 3 is 2.38 bits per heavy atom. The lowest BCUT2D eigenvalue weighted by Gasteiger charge is -2.32. The van der Waals surface area contributed by atoms with E-state index in [-0.39, 0.29) is 5.41 Å². The molecule has 2 aromatic rings. The van der Waals surface area contributed by atoms with Gasteiger partial charge in [0, 0.05) is 5.41 Å². The van der Waals surface area contributed by atoms with Gasteiger partial charge in [-0.2, -0.15) is 0 Å². The zero-order valence-electron chi connectivity index (χ0n) is 14.9. The first-order chi connectivity index (χ1) is 11.4. The second-order valence-electron chi connectivity index (χ2n) is 6.57. The summed E-state index contributed by atoms with van der Waals surface area (Å²) in [5.74, 6) is 1.41. The Balaban J connectivity index is 2.39. The molecule has 0 aliphatic rings. The van der Waals surface area contributed by atoms with Gasteiger partial charge in [-0.05, 0) is 43.0 Å². The van der Waals surface area contributed by atoms with E-state index in [0.717, 1.165) is 12.0 Å². The van der Waals surface area contributed by atoms with E-state index in [1.54, 1.807) is 14.2 Å². The molecule has 130 valence electrons. The number of nitrogens with two attached hydrogens (primary N) is 1. The van der Waals surface area contributed by atoms with Crippen molar-refractivity contribution in [3.8, 4) is 11.5 Å². The number of hydrogen-bond acceptors (Lipinski definition) is 4. The van der Waals surface area contributed by atoms with Crippen LogP contribution in [0.2, 0.25) is 0 Å². The van der Waals surface area contributed by atoms with Gasteiger partial charge in [-0.1, -0.05) is 42.8 Å². The highest BCUT2D eigenvalue weighted by Gasteiger charge is 2.29. The summed E-state index contributed by atoms with van der Waals surface area (Å²) >= 11 is 0. The van der Waals surface area contributed by atoms with E-state index in [1.807, 2.05) is 24.3 Å². The van der Waals surface area contributed by atoms with Crippen LogP contribution in [-0.2, 0) is 11.8 Å². The second-order valence-corrected chi connectivity index (χ2v) is 6.57. The Kier molecular flexibility index (Phi) is 5.86. The van der Waals surface area contributed by atoms with Crippen LogP contribution in [0.15, 0.2) is 42.5 Å². The van der Waals surface area contributed by atoms with Crippen LogP contribution < -0.4 is 15.2 Å². The van der Waals surface area contributed by atoms with E-state index in [2.05, 4.69) is 32.0 Å². The summed E-state index contributed by atoms with van der Waals surface area (Å²) in [6, 6.07) is 14.3. The van der Waals surface area contributed by atoms with Gasteiger partial charge in [0.15, 0.2) is 11.5 Å². The van der Waals surface area contributed by atoms with Crippen molar-refractivity contribution in [1.82, 2.24) is 0 Å². The van der Waals surface area contributed by atoms with Crippen LogP contribution in [0.25, 0.3) is 0 Å². The molecular formula is C20H27NO3. The third-order valence-corrected chi connectivity index (χ3v) is 4.42. The molecule has 0 aromatic heterocycles. The van der Waals surface area contributed by atoms with E-state index in [0.29, 0.717) is 17.9 Å². The number of benzene rings is 2. The molecule has 4 nitrogen and oxygen atoms in total. The Bertz CT molecular complexity index is 684.